The topological polar surface area (TPSA) is 89.5 Å². The van der Waals surface area contributed by atoms with Crippen LogP contribution in [0.25, 0.3) is 0 Å². The van der Waals surface area contributed by atoms with Gasteiger partial charge in [-0.15, -0.1) is 0 Å². The zero-order chi connectivity index (χ0) is 21.6. The molecule has 0 aliphatic heterocycles. The van der Waals surface area contributed by atoms with Crippen molar-refractivity contribution in [3.05, 3.63) is 66.0 Å². The first-order valence-electron chi connectivity index (χ1n) is 9.15. The summed E-state index contributed by atoms with van der Waals surface area (Å²) in [6.07, 6.45) is -0.454. The number of nitrogens with one attached hydrogen (secondary N) is 1. The lowest BCUT2D eigenvalue weighted by Gasteiger charge is -2.21. The zero-order valence-corrected chi connectivity index (χ0v) is 17.3. The molecule has 0 saturated heterocycles. The van der Waals surface area contributed by atoms with Gasteiger partial charge in [0.2, 0.25) is 5.91 Å². The molecule has 2 aromatic carbocycles. The monoisotopic (exact) mass is 421 g/mol. The summed E-state index contributed by atoms with van der Waals surface area (Å²) in [6, 6.07) is 12.3. The van der Waals surface area contributed by atoms with Gasteiger partial charge in [-0.25, -0.2) is 12.8 Å². The van der Waals surface area contributed by atoms with Gasteiger partial charge in [0.05, 0.1) is 23.5 Å². The van der Waals surface area contributed by atoms with Crippen molar-refractivity contribution >= 4 is 21.7 Å². The van der Waals surface area contributed by atoms with Crippen molar-refractivity contribution < 1.29 is 27.1 Å². The van der Waals surface area contributed by atoms with Crippen LogP contribution in [0.5, 0.6) is 0 Å². The second kappa shape index (κ2) is 9.65. The minimum atomic E-state index is -4.03. The Morgan fingerprint density at radius 2 is 1.59 bits per heavy atom. The van der Waals surface area contributed by atoms with Crippen LogP contribution >= 0.6 is 0 Å². The number of rotatable bonds is 8. The first kappa shape index (κ1) is 22.5. The van der Waals surface area contributed by atoms with Gasteiger partial charge in [0, 0.05) is 0 Å². The highest BCUT2D eigenvalue weighted by Crippen LogP contribution is 2.21. The van der Waals surface area contributed by atoms with Crippen LogP contribution in [0, 0.1) is 5.82 Å². The third-order valence-corrected chi connectivity index (χ3v) is 6.31. The van der Waals surface area contributed by atoms with Gasteiger partial charge in [-0.3, -0.25) is 9.59 Å². The molecule has 1 amide bonds. The summed E-state index contributed by atoms with van der Waals surface area (Å²) in [7, 11) is -4.03. The van der Waals surface area contributed by atoms with E-state index in [1.54, 1.807) is 44.2 Å². The lowest BCUT2D eigenvalue weighted by molar-refractivity contribution is -0.148. The van der Waals surface area contributed by atoms with E-state index in [-0.39, 0.29) is 17.4 Å². The zero-order valence-electron chi connectivity index (χ0n) is 16.5. The molecule has 2 rings (SSSR count). The van der Waals surface area contributed by atoms with Crippen molar-refractivity contribution in [1.82, 2.24) is 5.32 Å². The van der Waals surface area contributed by atoms with Crippen LogP contribution in [0.15, 0.2) is 59.5 Å². The quantitative estimate of drug-likeness (QED) is 0.522. The summed E-state index contributed by atoms with van der Waals surface area (Å²) < 4.78 is 43.6. The molecule has 2 atom stereocenters. The molecule has 0 aliphatic rings. The molecule has 29 heavy (non-hydrogen) atoms. The van der Waals surface area contributed by atoms with E-state index in [9.17, 15) is 22.4 Å². The minimum Gasteiger partial charge on any atom is -0.463 e. The molecule has 0 saturated carbocycles. The van der Waals surface area contributed by atoms with Crippen molar-refractivity contribution in [1.29, 1.82) is 0 Å². The summed E-state index contributed by atoms with van der Waals surface area (Å²) in [6.45, 7) is 4.68. The average molecular weight is 421 g/mol. The fraction of sp³-hybridized carbons (Fsp3) is 0.333. The van der Waals surface area contributed by atoms with Crippen LogP contribution in [0.4, 0.5) is 4.39 Å². The molecule has 0 aliphatic carbocycles. The Labute approximate surface area is 170 Å². The molecular formula is C21H24FNO5S. The van der Waals surface area contributed by atoms with Crippen LogP contribution < -0.4 is 5.32 Å². The first-order valence-corrected chi connectivity index (χ1v) is 10.7. The van der Waals surface area contributed by atoms with Crippen LogP contribution in [0.2, 0.25) is 0 Å². The standard InChI is InChI=1S/C21H24FNO5S/c1-14(2)28-20(24)13-19(16-7-5-4-6-8-16)23-21(25)15(3)29(26,27)18-11-9-17(22)10-12-18/h4-12,14-15,19H,13H2,1-3H3,(H,23,25)/t15-,19+/m1/s1. The fourth-order valence-electron chi connectivity index (χ4n) is 2.67. The molecule has 8 heteroatoms. The van der Waals surface area contributed by atoms with Crippen LogP contribution in [0.1, 0.15) is 38.8 Å². The largest absolute Gasteiger partial charge is 0.463 e. The Bertz CT molecular complexity index is 943. The van der Waals surface area contributed by atoms with Gasteiger partial charge in [-0.05, 0) is 50.6 Å². The van der Waals surface area contributed by atoms with E-state index in [0.29, 0.717) is 5.56 Å². The molecule has 0 heterocycles. The molecule has 0 radical (unpaired) electrons. The molecule has 0 aromatic heterocycles. The second-order valence-corrected chi connectivity index (χ2v) is 9.12. The maximum atomic E-state index is 13.1. The fourth-order valence-corrected chi connectivity index (χ4v) is 3.95. The average Bonchev–Trinajstić information content (AvgIpc) is 2.67. The van der Waals surface area contributed by atoms with E-state index in [2.05, 4.69) is 5.32 Å². The number of hydrogen-bond acceptors (Lipinski definition) is 5. The number of ether oxygens (including phenoxy) is 1. The van der Waals surface area contributed by atoms with Crippen LogP contribution in [-0.4, -0.2) is 31.6 Å². The molecule has 0 bridgehead atoms. The Morgan fingerprint density at radius 3 is 2.14 bits per heavy atom. The summed E-state index contributed by atoms with van der Waals surface area (Å²) in [4.78, 5) is 24.7. The number of esters is 1. The summed E-state index contributed by atoms with van der Waals surface area (Å²) >= 11 is 0. The van der Waals surface area contributed by atoms with Crippen molar-refractivity contribution in [2.75, 3.05) is 0 Å². The molecular weight excluding hydrogens is 397 g/mol. The predicted molar refractivity (Wildman–Crippen MR) is 106 cm³/mol. The summed E-state index contributed by atoms with van der Waals surface area (Å²) in [5.41, 5.74) is 0.646. The van der Waals surface area contributed by atoms with Gasteiger partial charge in [0.1, 0.15) is 11.1 Å². The van der Waals surface area contributed by atoms with Crippen LogP contribution in [-0.2, 0) is 24.2 Å². The normalized spacial score (nSPS) is 13.6. The van der Waals surface area contributed by atoms with E-state index in [1.165, 1.54) is 6.92 Å². The molecule has 1 N–H and O–H groups in total. The SMILES string of the molecule is CC(C)OC(=O)C[C@H](NC(=O)[C@@H](C)S(=O)(=O)c1ccc(F)cc1)c1ccccc1. The predicted octanol–water partition coefficient (Wildman–Crippen LogP) is 3.19. The number of carbonyl (C=O) groups excluding carboxylic acids is 2. The maximum absolute atomic E-state index is 13.1. The van der Waals surface area contributed by atoms with Crippen molar-refractivity contribution in [3.8, 4) is 0 Å². The molecule has 156 valence electrons. The smallest absolute Gasteiger partial charge is 0.308 e. The number of amides is 1. The number of carbonyl (C=O) groups is 2. The summed E-state index contributed by atoms with van der Waals surface area (Å²) in [5.74, 6) is -1.85. The molecule has 0 fully saturated rings. The highest BCUT2D eigenvalue weighted by atomic mass is 32.2. The van der Waals surface area contributed by atoms with E-state index < -0.39 is 38.8 Å². The number of sulfone groups is 1. The highest BCUT2D eigenvalue weighted by molar-refractivity contribution is 7.92. The molecule has 0 unspecified atom stereocenters. The van der Waals surface area contributed by atoms with Gasteiger partial charge in [0.25, 0.3) is 0 Å². The molecule has 2 aromatic rings. The Morgan fingerprint density at radius 1 is 1.00 bits per heavy atom. The maximum Gasteiger partial charge on any atom is 0.308 e. The summed E-state index contributed by atoms with van der Waals surface area (Å²) in [5, 5.41) is 1.20. The number of benzene rings is 2. The van der Waals surface area contributed by atoms with Crippen molar-refractivity contribution in [3.63, 3.8) is 0 Å². The minimum absolute atomic E-state index is 0.142. The Balaban J connectivity index is 2.21. The first-order chi connectivity index (χ1) is 13.6. The van der Waals surface area contributed by atoms with Gasteiger partial charge in [-0.2, -0.15) is 0 Å². The molecule has 6 nitrogen and oxygen atoms in total. The van der Waals surface area contributed by atoms with Crippen molar-refractivity contribution in [2.24, 2.45) is 0 Å². The number of hydrogen-bond donors (Lipinski definition) is 1. The molecule has 0 spiro atoms. The van der Waals surface area contributed by atoms with Gasteiger partial charge in [0.15, 0.2) is 9.84 Å². The van der Waals surface area contributed by atoms with Gasteiger partial charge < -0.3 is 10.1 Å². The second-order valence-electron chi connectivity index (χ2n) is 6.86. The van der Waals surface area contributed by atoms with Crippen LogP contribution in [0.3, 0.4) is 0 Å². The Kier molecular flexibility index (Phi) is 7.50. The Hall–Kier alpha value is -2.74. The van der Waals surface area contributed by atoms with E-state index in [4.69, 9.17) is 4.74 Å². The van der Waals surface area contributed by atoms with Gasteiger partial charge in [-0.1, -0.05) is 30.3 Å². The highest BCUT2D eigenvalue weighted by Gasteiger charge is 2.32. The third kappa shape index (κ3) is 6.12. The number of halogens is 1. The van der Waals surface area contributed by atoms with E-state index in [0.717, 1.165) is 24.3 Å². The van der Waals surface area contributed by atoms with Gasteiger partial charge >= 0.3 is 5.97 Å². The van der Waals surface area contributed by atoms with E-state index >= 15 is 0 Å². The van der Waals surface area contributed by atoms with E-state index in [1.807, 2.05) is 0 Å². The lowest BCUT2D eigenvalue weighted by atomic mass is 10.0. The van der Waals surface area contributed by atoms with Crippen molar-refractivity contribution in [2.45, 2.75) is 49.5 Å². The lowest BCUT2D eigenvalue weighted by Crippen LogP contribution is -2.40. The third-order valence-electron chi connectivity index (χ3n) is 4.23.